The van der Waals surface area contributed by atoms with Gasteiger partial charge < -0.3 is 14.6 Å². The van der Waals surface area contributed by atoms with Crippen molar-refractivity contribution in [3.8, 4) is 5.75 Å². The van der Waals surface area contributed by atoms with Crippen LogP contribution in [-0.4, -0.2) is 17.1 Å². The number of ether oxygens (including phenoxy) is 1. The predicted molar refractivity (Wildman–Crippen MR) is 96.9 cm³/mol. The molecule has 1 amide bonds. The Morgan fingerprint density at radius 1 is 1.20 bits per heavy atom. The van der Waals surface area contributed by atoms with Crippen molar-refractivity contribution in [3.63, 3.8) is 0 Å². The van der Waals surface area contributed by atoms with Crippen LogP contribution in [0.15, 0.2) is 40.9 Å². The number of aryl methyl sites for hydroxylation is 2. The zero-order valence-corrected chi connectivity index (χ0v) is 14.9. The van der Waals surface area contributed by atoms with Crippen LogP contribution >= 0.6 is 0 Å². The zero-order valence-electron chi connectivity index (χ0n) is 14.9. The number of hydrogen-bond donors (Lipinski definition) is 1. The number of nitrogens with one attached hydrogen (secondary N) is 1. The second-order valence-corrected chi connectivity index (χ2v) is 6.42. The van der Waals surface area contributed by atoms with E-state index in [1.54, 1.807) is 0 Å². The first-order chi connectivity index (χ1) is 12.0. The Kier molecular flexibility index (Phi) is 4.74. The van der Waals surface area contributed by atoms with Gasteiger partial charge in [0.15, 0.2) is 0 Å². The SMILES string of the molecule is Cc1noc(C)c1COc1cc2ccccc2cc1C(=O)NC(C)C. The first-order valence-electron chi connectivity index (χ1n) is 8.34. The van der Waals surface area contributed by atoms with Gasteiger partial charge in [-0.25, -0.2) is 0 Å². The number of aromatic nitrogens is 1. The predicted octanol–water partition coefficient (Wildman–Crippen LogP) is 4.16. The molecular weight excluding hydrogens is 316 g/mol. The fourth-order valence-electron chi connectivity index (χ4n) is 2.71. The van der Waals surface area contributed by atoms with Crippen LogP contribution in [0.3, 0.4) is 0 Å². The van der Waals surface area contributed by atoms with Gasteiger partial charge in [-0.05, 0) is 50.6 Å². The molecule has 0 aliphatic heterocycles. The maximum absolute atomic E-state index is 12.6. The second-order valence-electron chi connectivity index (χ2n) is 6.42. The molecule has 3 aromatic rings. The Balaban J connectivity index is 1.97. The van der Waals surface area contributed by atoms with Crippen LogP contribution in [0.25, 0.3) is 10.8 Å². The van der Waals surface area contributed by atoms with Gasteiger partial charge >= 0.3 is 0 Å². The van der Waals surface area contributed by atoms with Crippen molar-refractivity contribution in [2.24, 2.45) is 0 Å². The highest BCUT2D eigenvalue weighted by atomic mass is 16.5. The molecular formula is C20H22N2O3. The number of benzene rings is 2. The second kappa shape index (κ2) is 6.97. The van der Waals surface area contributed by atoms with Crippen molar-refractivity contribution in [2.75, 3.05) is 0 Å². The van der Waals surface area contributed by atoms with E-state index in [2.05, 4.69) is 10.5 Å². The molecule has 0 radical (unpaired) electrons. The van der Waals surface area contributed by atoms with Gasteiger partial charge in [0.05, 0.1) is 16.8 Å². The van der Waals surface area contributed by atoms with Gasteiger partial charge in [0.1, 0.15) is 18.1 Å². The molecule has 5 nitrogen and oxygen atoms in total. The van der Waals surface area contributed by atoms with Gasteiger partial charge in [0.25, 0.3) is 5.91 Å². The van der Waals surface area contributed by atoms with Gasteiger partial charge in [0.2, 0.25) is 0 Å². The molecule has 1 aromatic heterocycles. The summed E-state index contributed by atoms with van der Waals surface area (Å²) in [6.45, 7) is 7.90. The summed E-state index contributed by atoms with van der Waals surface area (Å²) in [7, 11) is 0. The van der Waals surface area contributed by atoms with Crippen LogP contribution in [-0.2, 0) is 6.61 Å². The van der Waals surface area contributed by atoms with E-state index in [0.717, 1.165) is 27.8 Å². The number of carbonyl (C=O) groups excluding carboxylic acids is 1. The lowest BCUT2D eigenvalue weighted by atomic mass is 10.0. The molecule has 25 heavy (non-hydrogen) atoms. The van der Waals surface area contributed by atoms with Gasteiger partial charge in [-0.2, -0.15) is 0 Å². The molecule has 5 heteroatoms. The van der Waals surface area contributed by atoms with Gasteiger partial charge in [-0.3, -0.25) is 4.79 Å². The monoisotopic (exact) mass is 338 g/mol. The molecule has 0 aliphatic carbocycles. The Bertz CT molecular complexity index is 893. The number of rotatable bonds is 5. The van der Waals surface area contributed by atoms with E-state index in [1.165, 1.54) is 0 Å². The van der Waals surface area contributed by atoms with Crippen LogP contribution in [0.4, 0.5) is 0 Å². The van der Waals surface area contributed by atoms with Crippen LogP contribution in [0.2, 0.25) is 0 Å². The van der Waals surface area contributed by atoms with Crippen molar-refractivity contribution in [2.45, 2.75) is 40.3 Å². The summed E-state index contributed by atoms with van der Waals surface area (Å²) in [5, 5.41) is 8.90. The molecule has 2 aromatic carbocycles. The highest BCUT2D eigenvalue weighted by Gasteiger charge is 2.17. The number of carbonyl (C=O) groups is 1. The number of amides is 1. The maximum Gasteiger partial charge on any atom is 0.255 e. The molecule has 130 valence electrons. The molecule has 0 fully saturated rings. The minimum absolute atomic E-state index is 0.0504. The normalized spacial score (nSPS) is 11.1. The van der Waals surface area contributed by atoms with Crippen LogP contribution in [0, 0.1) is 13.8 Å². The van der Waals surface area contributed by atoms with Crippen molar-refractivity contribution in [1.29, 1.82) is 0 Å². The zero-order chi connectivity index (χ0) is 18.0. The van der Waals surface area contributed by atoms with E-state index in [4.69, 9.17) is 9.26 Å². The molecule has 3 rings (SSSR count). The van der Waals surface area contributed by atoms with Gasteiger partial charge in [-0.15, -0.1) is 0 Å². The minimum Gasteiger partial charge on any atom is -0.488 e. The molecule has 0 spiro atoms. The van der Waals surface area contributed by atoms with Gasteiger partial charge in [0, 0.05) is 6.04 Å². The van der Waals surface area contributed by atoms with Crippen molar-refractivity contribution in [1.82, 2.24) is 10.5 Å². The standard InChI is InChI=1S/C20H22N2O3/c1-12(2)21-20(23)17-9-15-7-5-6-8-16(15)10-19(17)24-11-18-13(3)22-25-14(18)4/h5-10,12H,11H2,1-4H3,(H,21,23). The molecule has 1 N–H and O–H groups in total. The Morgan fingerprint density at radius 2 is 1.88 bits per heavy atom. The molecule has 0 bridgehead atoms. The quantitative estimate of drug-likeness (QED) is 0.758. The molecule has 0 atom stereocenters. The molecule has 0 saturated carbocycles. The average molecular weight is 338 g/mol. The lowest BCUT2D eigenvalue weighted by Crippen LogP contribution is -2.30. The summed E-state index contributed by atoms with van der Waals surface area (Å²) in [5.41, 5.74) is 2.23. The van der Waals surface area contributed by atoms with Crippen LogP contribution < -0.4 is 10.1 Å². The maximum atomic E-state index is 12.6. The topological polar surface area (TPSA) is 64.4 Å². The fourth-order valence-corrected chi connectivity index (χ4v) is 2.71. The third-order valence-electron chi connectivity index (χ3n) is 4.07. The lowest BCUT2D eigenvalue weighted by molar-refractivity contribution is 0.0939. The number of fused-ring (bicyclic) bond motifs is 1. The van der Waals surface area contributed by atoms with E-state index in [1.807, 2.05) is 64.1 Å². The smallest absolute Gasteiger partial charge is 0.255 e. The first-order valence-corrected chi connectivity index (χ1v) is 8.34. The Hall–Kier alpha value is -2.82. The molecule has 0 saturated heterocycles. The van der Waals surface area contributed by atoms with Crippen LogP contribution in [0.5, 0.6) is 5.75 Å². The third-order valence-corrected chi connectivity index (χ3v) is 4.07. The van der Waals surface area contributed by atoms with E-state index >= 15 is 0 Å². The lowest BCUT2D eigenvalue weighted by Gasteiger charge is -2.14. The summed E-state index contributed by atoms with van der Waals surface area (Å²) in [6, 6.07) is 11.7. The number of hydrogen-bond acceptors (Lipinski definition) is 4. The van der Waals surface area contributed by atoms with E-state index in [-0.39, 0.29) is 11.9 Å². The third kappa shape index (κ3) is 3.65. The summed E-state index contributed by atoms with van der Waals surface area (Å²) < 4.78 is 11.2. The first kappa shape index (κ1) is 17.0. The fraction of sp³-hybridized carbons (Fsp3) is 0.300. The molecule has 0 unspecified atom stereocenters. The van der Waals surface area contributed by atoms with E-state index in [9.17, 15) is 4.79 Å². The minimum atomic E-state index is -0.144. The number of nitrogens with zero attached hydrogens (tertiary/aromatic N) is 1. The Labute approximate surface area is 147 Å². The highest BCUT2D eigenvalue weighted by molar-refractivity contribution is 6.01. The summed E-state index contributed by atoms with van der Waals surface area (Å²) in [5.74, 6) is 1.14. The summed E-state index contributed by atoms with van der Waals surface area (Å²) in [6.07, 6.45) is 0. The highest BCUT2D eigenvalue weighted by Crippen LogP contribution is 2.28. The van der Waals surface area contributed by atoms with Gasteiger partial charge in [-0.1, -0.05) is 29.4 Å². The summed E-state index contributed by atoms with van der Waals surface area (Å²) in [4.78, 5) is 12.6. The van der Waals surface area contributed by atoms with Crippen molar-refractivity contribution < 1.29 is 14.1 Å². The largest absolute Gasteiger partial charge is 0.488 e. The molecule has 0 aliphatic rings. The van der Waals surface area contributed by atoms with Crippen molar-refractivity contribution in [3.05, 3.63) is 59.0 Å². The Morgan fingerprint density at radius 3 is 2.48 bits per heavy atom. The van der Waals surface area contributed by atoms with E-state index < -0.39 is 0 Å². The van der Waals surface area contributed by atoms with Crippen molar-refractivity contribution >= 4 is 16.7 Å². The molecule has 1 heterocycles. The van der Waals surface area contributed by atoms with E-state index in [0.29, 0.717) is 17.9 Å². The average Bonchev–Trinajstić information content (AvgIpc) is 2.89. The van der Waals surface area contributed by atoms with Crippen LogP contribution in [0.1, 0.15) is 41.2 Å². The summed E-state index contributed by atoms with van der Waals surface area (Å²) >= 11 is 0.